The van der Waals surface area contributed by atoms with Crippen LogP contribution in [0.1, 0.15) is 45.1 Å². The average molecular weight is 282 g/mol. The van der Waals surface area contributed by atoms with Crippen molar-refractivity contribution in [2.24, 2.45) is 0 Å². The maximum absolute atomic E-state index is 11.7. The lowest BCUT2D eigenvalue weighted by atomic mass is 9.95. The van der Waals surface area contributed by atoms with E-state index in [9.17, 15) is 8.42 Å². The number of epoxide rings is 1. The number of ether oxygens (including phenoxy) is 1. The monoisotopic (exact) mass is 282 g/mol. The van der Waals surface area contributed by atoms with Gasteiger partial charge in [-0.3, -0.25) is 0 Å². The van der Waals surface area contributed by atoms with Crippen LogP contribution in [0.2, 0.25) is 0 Å². The molecule has 1 aromatic rings. The van der Waals surface area contributed by atoms with Crippen LogP contribution in [0.5, 0.6) is 0 Å². The van der Waals surface area contributed by atoms with Gasteiger partial charge in [0.25, 0.3) is 0 Å². The number of hydrogen-bond donors (Lipinski definition) is 0. The molecule has 19 heavy (non-hydrogen) atoms. The van der Waals surface area contributed by atoms with Crippen LogP contribution in [-0.2, 0) is 14.6 Å². The van der Waals surface area contributed by atoms with Gasteiger partial charge < -0.3 is 4.74 Å². The van der Waals surface area contributed by atoms with Gasteiger partial charge in [-0.25, -0.2) is 8.42 Å². The van der Waals surface area contributed by atoms with E-state index in [1.54, 1.807) is 19.1 Å². The molecule has 1 heterocycles. The second-order valence-electron chi connectivity index (χ2n) is 5.23. The van der Waals surface area contributed by atoms with Gasteiger partial charge in [-0.1, -0.05) is 32.9 Å². The Bertz CT molecular complexity index is 519. The summed E-state index contributed by atoms with van der Waals surface area (Å²) >= 11 is 0. The van der Waals surface area contributed by atoms with E-state index in [0.29, 0.717) is 23.0 Å². The van der Waals surface area contributed by atoms with Gasteiger partial charge in [-0.05, 0) is 36.5 Å². The van der Waals surface area contributed by atoms with Gasteiger partial charge in [-0.15, -0.1) is 0 Å². The summed E-state index contributed by atoms with van der Waals surface area (Å²) in [4.78, 5) is 0.417. The van der Waals surface area contributed by atoms with E-state index in [1.165, 1.54) is 5.56 Å². The molecule has 2 rings (SSSR count). The van der Waals surface area contributed by atoms with Crippen molar-refractivity contribution in [2.75, 3.05) is 5.75 Å². The molecule has 0 aliphatic carbocycles. The zero-order valence-electron chi connectivity index (χ0n) is 11.8. The van der Waals surface area contributed by atoms with Crippen LogP contribution in [0, 0.1) is 0 Å². The van der Waals surface area contributed by atoms with Gasteiger partial charge in [0.05, 0.1) is 22.9 Å². The molecule has 106 valence electrons. The fraction of sp³-hybridized carbons (Fsp3) is 0.600. The van der Waals surface area contributed by atoms with Crippen molar-refractivity contribution >= 4 is 9.84 Å². The topological polar surface area (TPSA) is 46.7 Å². The Hall–Kier alpha value is -0.870. The Kier molecular flexibility index (Phi) is 4.31. The summed E-state index contributed by atoms with van der Waals surface area (Å²) in [5.41, 5.74) is 1.18. The molecule has 0 spiro atoms. The summed E-state index contributed by atoms with van der Waals surface area (Å²) in [6, 6.07) is 7.29. The second-order valence-corrected chi connectivity index (χ2v) is 7.51. The second kappa shape index (κ2) is 5.63. The predicted octanol–water partition coefficient (Wildman–Crippen LogP) is 3.15. The first-order chi connectivity index (χ1) is 8.97. The van der Waals surface area contributed by atoms with Crippen molar-refractivity contribution in [1.82, 2.24) is 0 Å². The van der Waals surface area contributed by atoms with Crippen molar-refractivity contribution in [2.45, 2.75) is 56.6 Å². The molecule has 0 radical (unpaired) electrons. The predicted molar refractivity (Wildman–Crippen MR) is 76.2 cm³/mol. The molecule has 3 atom stereocenters. The maximum atomic E-state index is 11.7. The zero-order valence-corrected chi connectivity index (χ0v) is 12.6. The minimum Gasteiger partial charge on any atom is -0.370 e. The Labute approximate surface area is 115 Å². The van der Waals surface area contributed by atoms with Gasteiger partial charge in [-0.2, -0.15) is 0 Å². The normalized spacial score (nSPS) is 24.2. The van der Waals surface area contributed by atoms with Gasteiger partial charge in [0.2, 0.25) is 0 Å². The van der Waals surface area contributed by atoms with Crippen molar-refractivity contribution < 1.29 is 13.2 Å². The quantitative estimate of drug-likeness (QED) is 0.753. The molecule has 1 aliphatic rings. The van der Waals surface area contributed by atoms with E-state index >= 15 is 0 Å². The third-order valence-corrected chi connectivity index (χ3v) is 5.61. The highest BCUT2D eigenvalue weighted by Gasteiger charge is 2.37. The third kappa shape index (κ3) is 3.37. The van der Waals surface area contributed by atoms with E-state index in [1.807, 2.05) is 12.1 Å². The SMILES string of the molecule is CCC1OC1CC(C)c1ccc(S(=O)(=O)CC)cc1. The molecular formula is C15H22O3S. The summed E-state index contributed by atoms with van der Waals surface area (Å²) < 4.78 is 29.0. The minimum atomic E-state index is -3.09. The number of hydrogen-bond acceptors (Lipinski definition) is 3. The van der Waals surface area contributed by atoms with Crippen molar-refractivity contribution in [3.63, 3.8) is 0 Å². The van der Waals surface area contributed by atoms with E-state index < -0.39 is 9.84 Å². The molecule has 0 saturated carbocycles. The fourth-order valence-corrected chi connectivity index (χ4v) is 3.28. The van der Waals surface area contributed by atoms with E-state index in [2.05, 4.69) is 13.8 Å². The Morgan fingerprint density at radius 1 is 1.16 bits per heavy atom. The summed E-state index contributed by atoms with van der Waals surface area (Å²) in [7, 11) is -3.09. The maximum Gasteiger partial charge on any atom is 0.178 e. The highest BCUT2D eigenvalue weighted by Crippen LogP contribution is 2.34. The molecule has 1 aliphatic heterocycles. The molecule has 0 bridgehead atoms. The number of sulfone groups is 1. The Balaban J connectivity index is 2.02. The Morgan fingerprint density at radius 3 is 2.26 bits per heavy atom. The summed E-state index contributed by atoms with van der Waals surface area (Å²) in [5.74, 6) is 0.552. The van der Waals surface area contributed by atoms with Gasteiger partial charge >= 0.3 is 0 Å². The van der Waals surface area contributed by atoms with Crippen LogP contribution in [0.25, 0.3) is 0 Å². The first-order valence-corrected chi connectivity index (χ1v) is 8.61. The van der Waals surface area contributed by atoms with E-state index in [-0.39, 0.29) is 5.75 Å². The fourth-order valence-electron chi connectivity index (χ4n) is 2.40. The van der Waals surface area contributed by atoms with Crippen LogP contribution >= 0.6 is 0 Å². The first kappa shape index (κ1) is 14.5. The standard InChI is InChI=1S/C15H22O3S/c1-4-14-15(18-14)10-11(3)12-6-8-13(9-7-12)19(16,17)5-2/h6-9,11,14-15H,4-5,10H2,1-3H3. The zero-order chi connectivity index (χ0) is 14.0. The van der Waals surface area contributed by atoms with Crippen molar-refractivity contribution in [3.05, 3.63) is 29.8 Å². The van der Waals surface area contributed by atoms with Crippen molar-refractivity contribution in [3.8, 4) is 0 Å². The van der Waals surface area contributed by atoms with Crippen LogP contribution in [0.4, 0.5) is 0 Å². The lowest BCUT2D eigenvalue weighted by Crippen LogP contribution is -2.05. The van der Waals surface area contributed by atoms with Crippen molar-refractivity contribution in [1.29, 1.82) is 0 Å². The third-order valence-electron chi connectivity index (χ3n) is 3.86. The Morgan fingerprint density at radius 2 is 1.79 bits per heavy atom. The lowest BCUT2D eigenvalue weighted by molar-refractivity contribution is 0.353. The summed E-state index contributed by atoms with van der Waals surface area (Å²) in [6.07, 6.45) is 2.91. The van der Waals surface area contributed by atoms with Gasteiger partial charge in [0.15, 0.2) is 9.84 Å². The molecular weight excluding hydrogens is 260 g/mol. The molecule has 3 unspecified atom stereocenters. The molecule has 0 aromatic heterocycles. The first-order valence-electron chi connectivity index (χ1n) is 6.96. The largest absolute Gasteiger partial charge is 0.370 e. The molecule has 1 saturated heterocycles. The molecule has 0 N–H and O–H groups in total. The van der Waals surface area contributed by atoms with E-state index in [4.69, 9.17) is 4.74 Å². The summed E-state index contributed by atoms with van der Waals surface area (Å²) in [6.45, 7) is 5.97. The number of benzene rings is 1. The molecule has 0 amide bonds. The van der Waals surface area contributed by atoms with Crippen LogP contribution in [0.15, 0.2) is 29.2 Å². The highest BCUT2D eigenvalue weighted by molar-refractivity contribution is 7.91. The van der Waals surface area contributed by atoms with Gasteiger partial charge in [0, 0.05) is 0 Å². The molecule has 4 heteroatoms. The lowest BCUT2D eigenvalue weighted by Gasteiger charge is -2.11. The highest BCUT2D eigenvalue weighted by atomic mass is 32.2. The number of rotatable bonds is 6. The van der Waals surface area contributed by atoms with Crippen LogP contribution < -0.4 is 0 Å². The van der Waals surface area contributed by atoms with Gasteiger partial charge in [0.1, 0.15) is 0 Å². The summed E-state index contributed by atoms with van der Waals surface area (Å²) in [5, 5.41) is 0. The molecule has 1 aromatic carbocycles. The average Bonchev–Trinajstić information content (AvgIpc) is 3.17. The smallest absolute Gasteiger partial charge is 0.178 e. The van der Waals surface area contributed by atoms with E-state index in [0.717, 1.165) is 12.8 Å². The minimum absolute atomic E-state index is 0.149. The van der Waals surface area contributed by atoms with Crippen LogP contribution in [0.3, 0.4) is 0 Å². The molecule has 3 nitrogen and oxygen atoms in total. The molecule has 1 fully saturated rings. The van der Waals surface area contributed by atoms with Crippen LogP contribution in [-0.4, -0.2) is 26.4 Å².